The maximum absolute atomic E-state index is 12.9. The second kappa shape index (κ2) is 3.94. The van der Waals surface area contributed by atoms with Crippen molar-refractivity contribution in [1.29, 1.82) is 0 Å². The summed E-state index contributed by atoms with van der Waals surface area (Å²) in [7, 11) is 1.70. The number of rotatable bonds is 1. The third-order valence-electron chi connectivity index (χ3n) is 3.17. The van der Waals surface area contributed by atoms with Crippen LogP contribution in [0.3, 0.4) is 0 Å². The second-order valence-electron chi connectivity index (χ2n) is 4.40. The zero-order chi connectivity index (χ0) is 13.6. The van der Waals surface area contributed by atoms with E-state index in [4.69, 9.17) is 0 Å². The molecule has 1 aliphatic heterocycles. The molecule has 1 aliphatic rings. The number of hydrogen-bond acceptors (Lipinski definition) is 2. The first-order valence-electron chi connectivity index (χ1n) is 5.69. The van der Waals surface area contributed by atoms with Crippen molar-refractivity contribution < 1.29 is 13.2 Å². The number of benzene rings is 1. The van der Waals surface area contributed by atoms with Crippen LogP contribution in [0.4, 0.5) is 13.2 Å². The third kappa shape index (κ3) is 1.93. The van der Waals surface area contributed by atoms with Crippen molar-refractivity contribution in [3.63, 3.8) is 0 Å². The highest BCUT2D eigenvalue weighted by atomic mass is 19.4. The molecule has 1 aromatic carbocycles. The quantitative estimate of drug-likeness (QED) is 0.779. The van der Waals surface area contributed by atoms with Gasteiger partial charge in [0.05, 0.1) is 17.8 Å². The van der Waals surface area contributed by atoms with Gasteiger partial charge in [0, 0.05) is 30.6 Å². The van der Waals surface area contributed by atoms with Gasteiger partial charge in [0.25, 0.3) is 0 Å². The van der Waals surface area contributed by atoms with Gasteiger partial charge in [0.1, 0.15) is 0 Å². The molecule has 6 heteroatoms. The topological polar surface area (TPSA) is 30.2 Å². The molecule has 3 rings (SSSR count). The van der Waals surface area contributed by atoms with Gasteiger partial charge in [-0.3, -0.25) is 9.67 Å². The highest BCUT2D eigenvalue weighted by molar-refractivity contribution is 5.93. The fourth-order valence-electron chi connectivity index (χ4n) is 2.25. The van der Waals surface area contributed by atoms with Crippen molar-refractivity contribution >= 4 is 6.21 Å². The van der Waals surface area contributed by atoms with Crippen molar-refractivity contribution in [3.05, 3.63) is 41.1 Å². The summed E-state index contributed by atoms with van der Waals surface area (Å²) in [5.74, 6) is 0. The summed E-state index contributed by atoms with van der Waals surface area (Å²) in [6.45, 7) is 0.296. The Balaban J connectivity index is 2.26. The fourth-order valence-corrected chi connectivity index (χ4v) is 2.25. The lowest BCUT2D eigenvalue weighted by molar-refractivity contribution is -0.137. The van der Waals surface area contributed by atoms with E-state index in [1.54, 1.807) is 30.2 Å². The number of fused-ring (bicyclic) bond motifs is 1. The number of alkyl halides is 3. The van der Waals surface area contributed by atoms with Crippen LogP contribution < -0.4 is 0 Å². The van der Waals surface area contributed by atoms with Gasteiger partial charge in [-0.05, 0) is 23.8 Å². The van der Waals surface area contributed by atoms with Crippen LogP contribution in [-0.4, -0.2) is 16.0 Å². The van der Waals surface area contributed by atoms with Crippen LogP contribution in [0, 0.1) is 0 Å². The average Bonchev–Trinajstić information content (AvgIpc) is 2.94. The molecular weight excluding hydrogens is 255 g/mol. The van der Waals surface area contributed by atoms with Crippen molar-refractivity contribution in [3.8, 4) is 11.3 Å². The van der Waals surface area contributed by atoms with Gasteiger partial charge in [-0.15, -0.1) is 0 Å². The number of aliphatic imine (C=N–C) groups is 1. The predicted molar refractivity (Wildman–Crippen MR) is 64.9 cm³/mol. The molecule has 0 fully saturated rings. The van der Waals surface area contributed by atoms with Gasteiger partial charge in [-0.1, -0.05) is 0 Å². The molecule has 2 aromatic rings. The maximum atomic E-state index is 12.9. The number of aromatic nitrogens is 2. The largest absolute Gasteiger partial charge is 0.416 e. The molecule has 98 valence electrons. The molecule has 1 aromatic heterocycles. The highest BCUT2D eigenvalue weighted by Crippen LogP contribution is 2.36. The molecular formula is C13H10F3N3. The van der Waals surface area contributed by atoms with Gasteiger partial charge in [-0.2, -0.15) is 18.3 Å². The Morgan fingerprint density at radius 2 is 2.05 bits per heavy atom. The van der Waals surface area contributed by atoms with E-state index in [-0.39, 0.29) is 0 Å². The van der Waals surface area contributed by atoms with Crippen LogP contribution in [0.5, 0.6) is 0 Å². The van der Waals surface area contributed by atoms with Gasteiger partial charge in [0.15, 0.2) is 0 Å². The van der Waals surface area contributed by atoms with Crippen molar-refractivity contribution in [2.24, 2.45) is 12.0 Å². The van der Waals surface area contributed by atoms with Crippen LogP contribution in [-0.2, 0) is 19.8 Å². The normalized spacial score (nSPS) is 13.9. The molecule has 0 radical (unpaired) electrons. The Labute approximate surface area is 107 Å². The molecule has 19 heavy (non-hydrogen) atoms. The molecule has 0 saturated heterocycles. The van der Waals surface area contributed by atoms with Gasteiger partial charge < -0.3 is 0 Å². The molecule has 0 amide bonds. The first kappa shape index (κ1) is 12.0. The average molecular weight is 265 g/mol. The summed E-state index contributed by atoms with van der Waals surface area (Å²) < 4.78 is 40.3. The van der Waals surface area contributed by atoms with Crippen LogP contribution in [0.15, 0.2) is 29.4 Å². The zero-order valence-corrected chi connectivity index (χ0v) is 10.1. The van der Waals surface area contributed by atoms with E-state index >= 15 is 0 Å². The Morgan fingerprint density at radius 1 is 1.26 bits per heavy atom. The summed E-state index contributed by atoms with van der Waals surface area (Å²) in [5.41, 5.74) is 1.87. The number of aryl methyl sites for hydroxylation is 1. The number of hydrogen-bond donors (Lipinski definition) is 0. The van der Waals surface area contributed by atoms with Crippen LogP contribution in [0.1, 0.15) is 16.7 Å². The lowest BCUT2D eigenvalue weighted by Gasteiger charge is -2.13. The molecule has 2 heterocycles. The molecule has 3 nitrogen and oxygen atoms in total. The standard InChI is InChI=1S/C13H10F3N3/c1-19-12(2-3-18-19)10-5-9(13(14,15)16)4-8-6-17-7-11(8)10/h2-5,7H,6H2,1H3. The van der Waals surface area contributed by atoms with Crippen LogP contribution >= 0.6 is 0 Å². The lowest BCUT2D eigenvalue weighted by atomic mass is 9.97. The third-order valence-corrected chi connectivity index (χ3v) is 3.17. The smallest absolute Gasteiger partial charge is 0.288 e. The summed E-state index contributed by atoms with van der Waals surface area (Å²) in [5, 5.41) is 4.00. The van der Waals surface area contributed by atoms with E-state index in [1.165, 1.54) is 6.07 Å². The molecule has 0 saturated carbocycles. The zero-order valence-electron chi connectivity index (χ0n) is 10.1. The van der Waals surface area contributed by atoms with Crippen molar-refractivity contribution in [2.45, 2.75) is 12.7 Å². The summed E-state index contributed by atoms with van der Waals surface area (Å²) in [4.78, 5) is 4.05. The molecule has 0 bridgehead atoms. The minimum atomic E-state index is -4.36. The van der Waals surface area contributed by atoms with E-state index in [1.807, 2.05) is 0 Å². The first-order chi connectivity index (χ1) is 8.97. The molecule has 0 N–H and O–H groups in total. The molecule has 0 spiro atoms. The molecule has 0 unspecified atom stereocenters. The monoisotopic (exact) mass is 265 g/mol. The minimum absolute atomic E-state index is 0.296. The Morgan fingerprint density at radius 3 is 2.68 bits per heavy atom. The van der Waals surface area contributed by atoms with Crippen LogP contribution in [0.25, 0.3) is 11.3 Å². The van der Waals surface area contributed by atoms with Crippen molar-refractivity contribution in [2.75, 3.05) is 0 Å². The van der Waals surface area contributed by atoms with E-state index in [9.17, 15) is 13.2 Å². The molecule has 0 aliphatic carbocycles. The van der Waals surface area contributed by atoms with Crippen molar-refractivity contribution in [1.82, 2.24) is 9.78 Å². The Bertz CT molecular complexity index is 668. The maximum Gasteiger partial charge on any atom is 0.416 e. The first-order valence-corrected chi connectivity index (χ1v) is 5.69. The Kier molecular flexibility index (Phi) is 2.48. The summed E-state index contributed by atoms with van der Waals surface area (Å²) in [6.07, 6.45) is -1.17. The van der Waals surface area contributed by atoms with Gasteiger partial charge in [0.2, 0.25) is 0 Å². The number of nitrogens with zero attached hydrogens (tertiary/aromatic N) is 3. The second-order valence-corrected chi connectivity index (χ2v) is 4.40. The summed E-state index contributed by atoms with van der Waals surface area (Å²) >= 11 is 0. The number of halogens is 3. The van der Waals surface area contributed by atoms with E-state index in [0.29, 0.717) is 23.4 Å². The molecule has 0 atom stereocenters. The predicted octanol–water partition coefficient (Wildman–Crippen LogP) is 3.04. The van der Waals surface area contributed by atoms with Gasteiger partial charge in [-0.25, -0.2) is 0 Å². The minimum Gasteiger partial charge on any atom is -0.288 e. The van der Waals surface area contributed by atoms with E-state index in [0.717, 1.165) is 11.6 Å². The lowest BCUT2D eigenvalue weighted by Crippen LogP contribution is -2.08. The fraction of sp³-hybridized carbons (Fsp3) is 0.231. The van der Waals surface area contributed by atoms with E-state index in [2.05, 4.69) is 10.1 Å². The summed E-state index contributed by atoms with van der Waals surface area (Å²) in [6, 6.07) is 4.03. The Hall–Kier alpha value is -2.11. The van der Waals surface area contributed by atoms with Crippen LogP contribution in [0.2, 0.25) is 0 Å². The SMILES string of the molecule is Cn1nccc1-c1cc(C(F)(F)F)cc2c1C=NC2. The highest BCUT2D eigenvalue weighted by Gasteiger charge is 2.33. The van der Waals surface area contributed by atoms with Gasteiger partial charge >= 0.3 is 6.18 Å². The van der Waals surface area contributed by atoms with E-state index < -0.39 is 11.7 Å².